The molecule has 0 aliphatic carbocycles. The second kappa shape index (κ2) is 6.52. The largest absolute Gasteiger partial charge is 0.465 e. The fourth-order valence-electron chi connectivity index (χ4n) is 1.84. The number of anilines is 1. The number of esters is 1. The standard InChI is InChI=1S/C14H22N2O3/c1-5-14(3,8-9-17)16-12-7-6-11(10(2)15-12)13(18)19-4/h6-7,17H,5,8-9H2,1-4H3,(H,15,16). The summed E-state index contributed by atoms with van der Waals surface area (Å²) in [6.45, 7) is 5.98. The first-order chi connectivity index (χ1) is 8.95. The Labute approximate surface area is 114 Å². The molecular formula is C14H22N2O3. The number of ether oxygens (including phenoxy) is 1. The number of methoxy groups -OCH3 is 1. The highest BCUT2D eigenvalue weighted by Gasteiger charge is 2.22. The fraction of sp³-hybridized carbons (Fsp3) is 0.571. The summed E-state index contributed by atoms with van der Waals surface area (Å²) in [5.41, 5.74) is 0.883. The monoisotopic (exact) mass is 266 g/mol. The van der Waals surface area contributed by atoms with Crippen LogP contribution in [0.3, 0.4) is 0 Å². The molecule has 0 aliphatic heterocycles. The van der Waals surface area contributed by atoms with Crippen molar-refractivity contribution in [3.05, 3.63) is 23.4 Å². The Balaban J connectivity index is 2.92. The number of aliphatic hydroxyl groups excluding tert-OH is 1. The van der Waals surface area contributed by atoms with Gasteiger partial charge in [-0.05, 0) is 38.8 Å². The third kappa shape index (κ3) is 3.92. The van der Waals surface area contributed by atoms with Gasteiger partial charge < -0.3 is 15.2 Å². The molecule has 1 unspecified atom stereocenters. The van der Waals surface area contributed by atoms with Gasteiger partial charge in [-0.15, -0.1) is 0 Å². The van der Waals surface area contributed by atoms with E-state index in [9.17, 15) is 4.79 Å². The molecule has 2 N–H and O–H groups in total. The molecule has 0 bridgehead atoms. The number of aliphatic hydroxyl groups is 1. The van der Waals surface area contributed by atoms with Gasteiger partial charge >= 0.3 is 5.97 Å². The highest BCUT2D eigenvalue weighted by atomic mass is 16.5. The Morgan fingerprint density at radius 1 is 1.53 bits per heavy atom. The highest BCUT2D eigenvalue weighted by Crippen LogP contribution is 2.21. The van der Waals surface area contributed by atoms with Gasteiger partial charge in [-0.25, -0.2) is 9.78 Å². The third-order valence-corrected chi connectivity index (χ3v) is 3.36. The zero-order valence-electron chi connectivity index (χ0n) is 12.0. The van der Waals surface area contributed by atoms with E-state index in [1.54, 1.807) is 19.1 Å². The maximum atomic E-state index is 11.5. The van der Waals surface area contributed by atoms with Crippen molar-refractivity contribution in [2.24, 2.45) is 0 Å². The van der Waals surface area contributed by atoms with E-state index in [2.05, 4.69) is 22.0 Å². The van der Waals surface area contributed by atoms with E-state index in [0.29, 0.717) is 23.5 Å². The van der Waals surface area contributed by atoms with Crippen LogP contribution in [0.1, 0.15) is 42.7 Å². The Morgan fingerprint density at radius 3 is 2.68 bits per heavy atom. The first-order valence-electron chi connectivity index (χ1n) is 6.40. The van der Waals surface area contributed by atoms with Crippen molar-refractivity contribution in [2.75, 3.05) is 19.0 Å². The van der Waals surface area contributed by atoms with Gasteiger partial charge in [-0.1, -0.05) is 6.92 Å². The second-order valence-corrected chi connectivity index (χ2v) is 4.83. The van der Waals surface area contributed by atoms with E-state index >= 15 is 0 Å². The fourth-order valence-corrected chi connectivity index (χ4v) is 1.84. The lowest BCUT2D eigenvalue weighted by molar-refractivity contribution is 0.0599. The van der Waals surface area contributed by atoms with Gasteiger partial charge in [0.1, 0.15) is 5.82 Å². The molecule has 0 aliphatic rings. The van der Waals surface area contributed by atoms with Crippen molar-refractivity contribution in [2.45, 2.75) is 39.2 Å². The highest BCUT2D eigenvalue weighted by molar-refractivity contribution is 5.90. The summed E-state index contributed by atoms with van der Waals surface area (Å²) in [4.78, 5) is 15.8. The van der Waals surface area contributed by atoms with Crippen molar-refractivity contribution < 1.29 is 14.6 Å². The summed E-state index contributed by atoms with van der Waals surface area (Å²) in [6, 6.07) is 3.45. The molecule has 0 spiro atoms. The van der Waals surface area contributed by atoms with E-state index in [4.69, 9.17) is 5.11 Å². The molecule has 5 heteroatoms. The molecule has 1 atom stereocenters. The van der Waals surface area contributed by atoms with Crippen LogP contribution in [0.25, 0.3) is 0 Å². The Morgan fingerprint density at radius 2 is 2.21 bits per heavy atom. The van der Waals surface area contributed by atoms with Crippen LogP contribution in [0.5, 0.6) is 0 Å². The number of nitrogens with one attached hydrogen (secondary N) is 1. The molecule has 0 amide bonds. The lowest BCUT2D eigenvalue weighted by atomic mass is 9.95. The van der Waals surface area contributed by atoms with Gasteiger partial charge in [-0.3, -0.25) is 0 Å². The Bertz CT molecular complexity index is 448. The van der Waals surface area contributed by atoms with Gasteiger partial charge in [-0.2, -0.15) is 0 Å². The lowest BCUT2D eigenvalue weighted by Gasteiger charge is -2.29. The van der Waals surface area contributed by atoms with Gasteiger partial charge in [0.25, 0.3) is 0 Å². The minimum absolute atomic E-state index is 0.122. The molecule has 5 nitrogen and oxygen atoms in total. The lowest BCUT2D eigenvalue weighted by Crippen LogP contribution is -2.35. The molecule has 0 saturated carbocycles. The van der Waals surface area contributed by atoms with Crippen molar-refractivity contribution >= 4 is 11.8 Å². The van der Waals surface area contributed by atoms with E-state index in [-0.39, 0.29) is 18.1 Å². The van der Waals surface area contributed by atoms with Gasteiger partial charge in [0.2, 0.25) is 0 Å². The van der Waals surface area contributed by atoms with Crippen LogP contribution >= 0.6 is 0 Å². The average molecular weight is 266 g/mol. The van der Waals surface area contributed by atoms with Crippen molar-refractivity contribution in [3.63, 3.8) is 0 Å². The molecule has 0 radical (unpaired) electrons. The minimum atomic E-state index is -0.384. The smallest absolute Gasteiger partial charge is 0.339 e. The van der Waals surface area contributed by atoms with Gasteiger partial charge in [0, 0.05) is 12.1 Å². The SMILES string of the molecule is CCC(C)(CCO)Nc1ccc(C(=O)OC)c(C)n1. The zero-order chi connectivity index (χ0) is 14.5. The van der Waals surface area contributed by atoms with Crippen molar-refractivity contribution in [1.82, 2.24) is 4.98 Å². The van der Waals surface area contributed by atoms with E-state index in [1.807, 2.05) is 6.92 Å². The maximum absolute atomic E-state index is 11.5. The van der Waals surface area contributed by atoms with Crippen LogP contribution in [0, 0.1) is 6.92 Å². The molecule has 0 saturated heterocycles. The molecule has 1 aromatic rings. The number of carbonyl (C=O) groups excluding carboxylic acids is 1. The number of rotatable bonds is 6. The summed E-state index contributed by atoms with van der Waals surface area (Å²) >= 11 is 0. The van der Waals surface area contributed by atoms with Crippen LogP contribution in [0.15, 0.2) is 12.1 Å². The molecule has 1 aromatic heterocycles. The average Bonchev–Trinajstić information content (AvgIpc) is 2.38. The first-order valence-corrected chi connectivity index (χ1v) is 6.40. The number of pyridine rings is 1. The van der Waals surface area contributed by atoms with Crippen molar-refractivity contribution in [3.8, 4) is 0 Å². The maximum Gasteiger partial charge on any atom is 0.339 e. The summed E-state index contributed by atoms with van der Waals surface area (Å²) in [6.07, 6.45) is 1.51. The molecule has 0 fully saturated rings. The first kappa shape index (κ1) is 15.4. The minimum Gasteiger partial charge on any atom is -0.465 e. The topological polar surface area (TPSA) is 71.5 Å². The van der Waals surface area contributed by atoms with Crippen molar-refractivity contribution in [1.29, 1.82) is 0 Å². The van der Waals surface area contributed by atoms with Crippen LogP contribution in [-0.2, 0) is 4.74 Å². The van der Waals surface area contributed by atoms with E-state index < -0.39 is 0 Å². The van der Waals surface area contributed by atoms with Crippen LogP contribution in [-0.4, -0.2) is 35.3 Å². The predicted molar refractivity (Wildman–Crippen MR) is 74.3 cm³/mol. The summed E-state index contributed by atoms with van der Waals surface area (Å²) in [5, 5.41) is 12.4. The van der Waals surface area contributed by atoms with Gasteiger partial charge in [0.05, 0.1) is 18.4 Å². The van der Waals surface area contributed by atoms with E-state index in [1.165, 1.54) is 7.11 Å². The molecular weight excluding hydrogens is 244 g/mol. The molecule has 1 rings (SSSR count). The number of aryl methyl sites for hydroxylation is 1. The summed E-state index contributed by atoms with van der Waals surface area (Å²) < 4.78 is 4.69. The zero-order valence-corrected chi connectivity index (χ0v) is 12.0. The normalized spacial score (nSPS) is 13.7. The molecule has 19 heavy (non-hydrogen) atoms. The van der Waals surface area contributed by atoms with Gasteiger partial charge in [0.15, 0.2) is 0 Å². The van der Waals surface area contributed by atoms with Crippen LogP contribution < -0.4 is 5.32 Å². The van der Waals surface area contributed by atoms with E-state index in [0.717, 1.165) is 6.42 Å². The quantitative estimate of drug-likeness (QED) is 0.772. The number of nitrogens with zero attached hydrogens (tertiary/aromatic N) is 1. The Hall–Kier alpha value is -1.62. The number of carbonyl (C=O) groups is 1. The predicted octanol–water partition coefficient (Wildman–Crippen LogP) is 2.14. The number of hydrogen-bond acceptors (Lipinski definition) is 5. The molecule has 1 heterocycles. The summed E-state index contributed by atoms with van der Waals surface area (Å²) in [5.74, 6) is 0.313. The number of hydrogen-bond donors (Lipinski definition) is 2. The molecule has 0 aromatic carbocycles. The number of aromatic nitrogens is 1. The van der Waals surface area contributed by atoms with Crippen LogP contribution in [0.2, 0.25) is 0 Å². The summed E-state index contributed by atoms with van der Waals surface area (Å²) in [7, 11) is 1.35. The second-order valence-electron chi connectivity index (χ2n) is 4.83. The molecule has 106 valence electrons. The third-order valence-electron chi connectivity index (χ3n) is 3.36. The van der Waals surface area contributed by atoms with Crippen LogP contribution in [0.4, 0.5) is 5.82 Å². The Kier molecular flexibility index (Phi) is 5.30.